The van der Waals surface area contributed by atoms with Gasteiger partial charge >= 0.3 is 0 Å². The summed E-state index contributed by atoms with van der Waals surface area (Å²) < 4.78 is 37.7. The van der Waals surface area contributed by atoms with Crippen LogP contribution < -0.4 is 19.7 Å². The molecule has 184 valence electrons. The first kappa shape index (κ1) is 26.0. The van der Waals surface area contributed by atoms with Crippen LogP contribution in [0.2, 0.25) is 0 Å². The van der Waals surface area contributed by atoms with Crippen molar-refractivity contribution >= 4 is 49.0 Å². The third kappa shape index (κ3) is 5.90. The molecule has 0 fully saturated rings. The zero-order valence-corrected chi connectivity index (χ0v) is 21.9. The number of rotatable bonds is 10. The second-order valence-corrected chi connectivity index (χ2v) is 10.6. The lowest BCUT2D eigenvalue weighted by Crippen LogP contribution is -2.28. The molecule has 2 aromatic carbocycles. The Kier molecular flexibility index (Phi) is 8.59. The molecular formula is C24H29BrN2O6S. The van der Waals surface area contributed by atoms with Gasteiger partial charge in [0.15, 0.2) is 9.84 Å². The Hall–Kier alpha value is -2.59. The van der Waals surface area contributed by atoms with Crippen molar-refractivity contribution in [2.45, 2.75) is 44.9 Å². The minimum atomic E-state index is -3.79. The maximum Gasteiger partial charge on any atom is 0.226 e. The van der Waals surface area contributed by atoms with Crippen LogP contribution >= 0.6 is 15.9 Å². The molecule has 10 heteroatoms. The number of fused-ring (bicyclic) bond motifs is 1. The molecule has 0 radical (unpaired) electrons. The SMILES string of the molecule is CCOc1ccc(OCC)c(NC(=O)CCS(=O)(=O)c2cc3c(cc2Br)CCN3C(=O)CC)c1. The van der Waals surface area contributed by atoms with E-state index in [2.05, 4.69) is 21.2 Å². The van der Waals surface area contributed by atoms with E-state index < -0.39 is 15.7 Å². The number of benzene rings is 2. The predicted molar refractivity (Wildman–Crippen MR) is 135 cm³/mol. The number of ether oxygens (including phenoxy) is 2. The second-order valence-electron chi connectivity index (χ2n) is 7.70. The largest absolute Gasteiger partial charge is 0.494 e. The Bertz CT molecular complexity index is 1180. The first-order valence-corrected chi connectivity index (χ1v) is 13.7. The molecule has 0 aliphatic carbocycles. The maximum absolute atomic E-state index is 13.1. The number of anilines is 2. The summed E-state index contributed by atoms with van der Waals surface area (Å²) in [7, 11) is -3.79. The van der Waals surface area contributed by atoms with Crippen molar-refractivity contribution < 1.29 is 27.5 Å². The number of sulfone groups is 1. The van der Waals surface area contributed by atoms with Crippen LogP contribution in [0.25, 0.3) is 0 Å². The number of hydrogen-bond donors (Lipinski definition) is 1. The van der Waals surface area contributed by atoms with Gasteiger partial charge in [0.05, 0.1) is 29.5 Å². The minimum Gasteiger partial charge on any atom is -0.494 e. The molecule has 2 amide bonds. The number of carbonyl (C=O) groups is 2. The first-order chi connectivity index (χ1) is 16.2. The highest BCUT2D eigenvalue weighted by Gasteiger charge is 2.28. The highest BCUT2D eigenvalue weighted by atomic mass is 79.9. The van der Waals surface area contributed by atoms with Gasteiger partial charge in [0.25, 0.3) is 0 Å². The fraction of sp³-hybridized carbons (Fsp3) is 0.417. The van der Waals surface area contributed by atoms with Gasteiger partial charge in [-0.3, -0.25) is 9.59 Å². The van der Waals surface area contributed by atoms with Crippen molar-refractivity contribution in [2.24, 2.45) is 0 Å². The van der Waals surface area contributed by atoms with Gasteiger partial charge in [-0.2, -0.15) is 0 Å². The predicted octanol–water partition coefficient (Wildman–Crippen LogP) is 4.35. The van der Waals surface area contributed by atoms with Crippen LogP contribution in [-0.4, -0.2) is 45.7 Å². The Balaban J connectivity index is 1.75. The minimum absolute atomic E-state index is 0.0526. The summed E-state index contributed by atoms with van der Waals surface area (Å²) in [5, 5.41) is 2.73. The van der Waals surface area contributed by atoms with Crippen LogP contribution in [0.15, 0.2) is 39.7 Å². The molecule has 0 aromatic heterocycles. The fourth-order valence-corrected chi connectivity index (χ4v) is 6.22. The topological polar surface area (TPSA) is 102 Å². The molecule has 3 rings (SSSR count). The standard InChI is InChI=1S/C24H29BrN2O6S/c1-4-24(29)27-11-9-16-13-18(25)22(15-20(16)27)34(30,31)12-10-23(28)26-19-14-17(32-5-2)7-8-21(19)33-6-3/h7-8,13-15H,4-6,9-12H2,1-3H3,(H,26,28). The summed E-state index contributed by atoms with van der Waals surface area (Å²) in [5.74, 6) is 0.153. The fourth-order valence-electron chi connectivity index (χ4n) is 3.77. The molecule has 0 atom stereocenters. The van der Waals surface area contributed by atoms with E-state index in [1.165, 1.54) is 6.07 Å². The number of halogens is 1. The van der Waals surface area contributed by atoms with Crippen LogP contribution in [0.4, 0.5) is 11.4 Å². The summed E-state index contributed by atoms with van der Waals surface area (Å²) in [6, 6.07) is 8.38. The monoisotopic (exact) mass is 552 g/mol. The lowest BCUT2D eigenvalue weighted by molar-refractivity contribution is -0.118. The van der Waals surface area contributed by atoms with Crippen molar-refractivity contribution in [1.82, 2.24) is 0 Å². The zero-order valence-electron chi connectivity index (χ0n) is 19.5. The van der Waals surface area contributed by atoms with Crippen LogP contribution in [-0.2, 0) is 25.8 Å². The summed E-state index contributed by atoms with van der Waals surface area (Å²) in [4.78, 5) is 26.6. The number of nitrogens with one attached hydrogen (secondary N) is 1. The number of carbonyl (C=O) groups excluding carboxylic acids is 2. The van der Waals surface area contributed by atoms with E-state index in [0.29, 0.717) is 59.9 Å². The van der Waals surface area contributed by atoms with E-state index in [1.807, 2.05) is 13.8 Å². The maximum atomic E-state index is 13.1. The Morgan fingerprint density at radius 3 is 2.50 bits per heavy atom. The van der Waals surface area contributed by atoms with Gasteiger partial charge in [-0.05, 0) is 66.0 Å². The van der Waals surface area contributed by atoms with Gasteiger partial charge in [-0.15, -0.1) is 0 Å². The molecule has 1 aliphatic rings. The molecule has 1 aliphatic heterocycles. The van der Waals surface area contributed by atoms with Crippen LogP contribution in [0.5, 0.6) is 11.5 Å². The van der Waals surface area contributed by atoms with Crippen LogP contribution in [0, 0.1) is 0 Å². The molecule has 0 spiro atoms. The Labute approximate surface area is 208 Å². The van der Waals surface area contributed by atoms with E-state index in [0.717, 1.165) is 5.56 Å². The van der Waals surface area contributed by atoms with Crippen LogP contribution in [0.1, 0.15) is 39.2 Å². The lowest BCUT2D eigenvalue weighted by atomic mass is 10.2. The molecule has 0 saturated heterocycles. The summed E-state index contributed by atoms with van der Waals surface area (Å²) >= 11 is 3.36. The average molecular weight is 553 g/mol. The van der Waals surface area contributed by atoms with Crippen molar-refractivity contribution in [3.05, 3.63) is 40.4 Å². The smallest absolute Gasteiger partial charge is 0.226 e. The number of amides is 2. The van der Waals surface area contributed by atoms with Gasteiger partial charge in [0, 0.05) is 35.6 Å². The molecule has 0 bridgehead atoms. The highest BCUT2D eigenvalue weighted by molar-refractivity contribution is 9.10. The Morgan fingerprint density at radius 2 is 1.82 bits per heavy atom. The third-order valence-electron chi connectivity index (χ3n) is 5.40. The van der Waals surface area contributed by atoms with Crippen molar-refractivity contribution in [2.75, 3.05) is 35.7 Å². The normalized spacial score (nSPS) is 12.9. The molecule has 2 aromatic rings. The number of nitrogens with zero attached hydrogens (tertiary/aromatic N) is 1. The molecule has 8 nitrogen and oxygen atoms in total. The quantitative estimate of drug-likeness (QED) is 0.470. The Morgan fingerprint density at radius 1 is 1.09 bits per heavy atom. The lowest BCUT2D eigenvalue weighted by Gasteiger charge is -2.18. The van der Waals surface area contributed by atoms with Gasteiger partial charge in [0.2, 0.25) is 11.8 Å². The molecule has 1 heterocycles. The van der Waals surface area contributed by atoms with E-state index >= 15 is 0 Å². The van der Waals surface area contributed by atoms with E-state index in [-0.39, 0.29) is 23.0 Å². The second kappa shape index (κ2) is 11.2. The average Bonchev–Trinajstić information content (AvgIpc) is 3.21. The zero-order chi connectivity index (χ0) is 24.9. The van der Waals surface area contributed by atoms with Gasteiger partial charge in [0.1, 0.15) is 11.5 Å². The molecule has 1 N–H and O–H groups in total. The summed E-state index contributed by atoms with van der Waals surface area (Å²) in [6.07, 6.45) is 0.769. The van der Waals surface area contributed by atoms with Gasteiger partial charge in [-0.25, -0.2) is 8.42 Å². The van der Waals surface area contributed by atoms with Gasteiger partial charge in [-0.1, -0.05) is 6.92 Å². The summed E-state index contributed by atoms with van der Waals surface area (Å²) in [5.41, 5.74) is 1.96. The van der Waals surface area contributed by atoms with Crippen molar-refractivity contribution in [1.29, 1.82) is 0 Å². The highest BCUT2D eigenvalue weighted by Crippen LogP contribution is 2.36. The van der Waals surface area contributed by atoms with E-state index in [1.54, 1.807) is 36.1 Å². The molecule has 0 saturated carbocycles. The third-order valence-corrected chi connectivity index (χ3v) is 8.07. The van der Waals surface area contributed by atoms with E-state index in [4.69, 9.17) is 9.47 Å². The summed E-state index contributed by atoms with van der Waals surface area (Å²) in [6.45, 7) is 6.87. The number of hydrogen-bond acceptors (Lipinski definition) is 6. The molecule has 0 unspecified atom stereocenters. The first-order valence-electron chi connectivity index (χ1n) is 11.2. The van der Waals surface area contributed by atoms with Crippen LogP contribution in [0.3, 0.4) is 0 Å². The molecule has 34 heavy (non-hydrogen) atoms. The van der Waals surface area contributed by atoms with Crippen molar-refractivity contribution in [3.8, 4) is 11.5 Å². The van der Waals surface area contributed by atoms with E-state index in [9.17, 15) is 18.0 Å². The van der Waals surface area contributed by atoms with Crippen molar-refractivity contribution in [3.63, 3.8) is 0 Å². The van der Waals surface area contributed by atoms with Gasteiger partial charge < -0.3 is 19.7 Å². The molecular weight excluding hydrogens is 524 g/mol.